The molecule has 256 valence electrons. The molecule has 49 heavy (non-hydrogen) atoms. The first-order chi connectivity index (χ1) is 23.3. The van der Waals surface area contributed by atoms with Crippen LogP contribution in [0.1, 0.15) is 19.3 Å². The summed E-state index contributed by atoms with van der Waals surface area (Å²) in [4.78, 5) is 42.1. The number of imide groups is 1. The number of nitrogens with one attached hydrogen (secondary N) is 2. The molecule has 0 saturated carbocycles. The number of hydrogen-bond donors (Lipinski definition) is 2. The highest BCUT2D eigenvalue weighted by Crippen LogP contribution is 2.52. The van der Waals surface area contributed by atoms with E-state index < -0.39 is 78.5 Å². The second-order valence-corrected chi connectivity index (χ2v) is 17.4. The van der Waals surface area contributed by atoms with Crippen molar-refractivity contribution in [3.63, 3.8) is 0 Å². The van der Waals surface area contributed by atoms with Crippen LogP contribution in [0.3, 0.4) is 0 Å². The van der Waals surface area contributed by atoms with Gasteiger partial charge < -0.3 is 15.0 Å². The van der Waals surface area contributed by atoms with Crippen molar-refractivity contribution in [2.45, 2.75) is 40.5 Å². The van der Waals surface area contributed by atoms with E-state index in [0.717, 1.165) is 8.28 Å². The maximum Gasteiger partial charge on any atom is 0.269 e. The minimum atomic E-state index is -4.77. The SMILES string of the molecule is O=C1NC(=O)C2(CC34CN(S(=O)(=O)c5cc6cc(Cl)ccc6n5S(=O)(=O)c5ccccc5)CC(=O)N3CC3(CCNCC3)O4)C=CC=CC12. The predicted octanol–water partition coefficient (Wildman–Crippen LogP) is 1.99. The molecule has 3 aromatic rings. The highest BCUT2D eigenvalue weighted by Gasteiger charge is 2.66. The van der Waals surface area contributed by atoms with E-state index in [1.54, 1.807) is 30.4 Å². The Balaban J connectivity index is 1.27. The third-order valence-electron chi connectivity index (χ3n) is 10.3. The van der Waals surface area contributed by atoms with Gasteiger partial charge in [-0.2, -0.15) is 4.31 Å². The minimum Gasteiger partial charge on any atom is -0.346 e. The average Bonchev–Trinajstić information content (AvgIpc) is 3.69. The minimum absolute atomic E-state index is 0.0827. The number of benzene rings is 2. The molecule has 3 amide bonds. The molecule has 1 aromatic heterocycles. The van der Waals surface area contributed by atoms with E-state index in [2.05, 4.69) is 10.6 Å². The molecule has 5 aliphatic rings. The molecular formula is C33H32ClN5O8S2. The molecule has 4 aliphatic heterocycles. The average molecular weight is 726 g/mol. The largest absolute Gasteiger partial charge is 0.346 e. The number of aromatic nitrogens is 1. The standard InChI is InChI=1S/C33H32ClN5O8S2/c34-23-9-10-26-22(16-23)17-28(39(26)48(43,44)24-6-2-1-3-7-24)49(45,46)37-18-27(40)38-20-31(12-14-35-15-13-31)47-33(38,21-37)19-32-11-5-4-8-25(32)29(41)36-30(32)42/h1-11,16-17,25,35H,12-15,18-21H2,(H,36,41,42). The molecule has 3 atom stereocenters. The smallest absolute Gasteiger partial charge is 0.269 e. The van der Waals surface area contributed by atoms with Crippen LogP contribution in [0.15, 0.2) is 88.8 Å². The van der Waals surface area contributed by atoms with Crippen molar-refractivity contribution in [3.8, 4) is 0 Å². The Bertz CT molecular complexity index is 2210. The van der Waals surface area contributed by atoms with Crippen LogP contribution in [0.5, 0.6) is 0 Å². The first kappa shape index (κ1) is 32.4. The van der Waals surface area contributed by atoms with Crippen LogP contribution in [0.25, 0.3) is 10.9 Å². The number of carbonyl (C=O) groups is 3. The Morgan fingerprint density at radius 3 is 2.43 bits per heavy atom. The molecule has 2 N–H and O–H groups in total. The Hall–Kier alpha value is -3.86. The zero-order valence-corrected chi connectivity index (χ0v) is 28.4. The number of ether oxygens (including phenoxy) is 1. The number of halogens is 1. The van der Waals surface area contributed by atoms with Crippen molar-refractivity contribution in [3.05, 3.63) is 83.9 Å². The fraction of sp³-hybridized carbons (Fsp3) is 0.364. The number of hydrogen-bond acceptors (Lipinski definition) is 9. The zero-order chi connectivity index (χ0) is 34.4. The van der Waals surface area contributed by atoms with Gasteiger partial charge in [0.05, 0.1) is 47.0 Å². The quantitative estimate of drug-likeness (QED) is 0.362. The number of sulfonamides is 1. The number of fused-ring (bicyclic) bond motifs is 3. The van der Waals surface area contributed by atoms with E-state index >= 15 is 0 Å². The van der Waals surface area contributed by atoms with Crippen LogP contribution >= 0.6 is 11.6 Å². The van der Waals surface area contributed by atoms with Gasteiger partial charge in [0.25, 0.3) is 20.0 Å². The third-order valence-corrected chi connectivity index (χ3v) is 14.2. The fourth-order valence-corrected chi connectivity index (χ4v) is 11.7. The van der Waals surface area contributed by atoms with Gasteiger partial charge in [0, 0.05) is 16.8 Å². The highest BCUT2D eigenvalue weighted by molar-refractivity contribution is 7.92. The monoisotopic (exact) mass is 725 g/mol. The lowest BCUT2D eigenvalue weighted by Gasteiger charge is -2.48. The number of piperidine rings is 1. The second-order valence-electron chi connectivity index (χ2n) is 13.3. The normalized spacial score (nSPS) is 28.3. The number of allylic oxidation sites excluding steroid dienone is 2. The van der Waals surface area contributed by atoms with E-state index in [-0.39, 0.29) is 33.8 Å². The maximum absolute atomic E-state index is 14.8. The molecule has 4 saturated heterocycles. The first-order valence-electron chi connectivity index (χ1n) is 15.9. The van der Waals surface area contributed by atoms with Crippen LogP contribution < -0.4 is 10.6 Å². The molecule has 4 fully saturated rings. The van der Waals surface area contributed by atoms with E-state index in [4.69, 9.17) is 16.3 Å². The van der Waals surface area contributed by atoms with Gasteiger partial charge in [-0.05, 0) is 62.3 Å². The van der Waals surface area contributed by atoms with Crippen molar-refractivity contribution in [2.24, 2.45) is 11.3 Å². The van der Waals surface area contributed by atoms with Crippen molar-refractivity contribution in [1.82, 2.24) is 23.8 Å². The van der Waals surface area contributed by atoms with Gasteiger partial charge in [-0.1, -0.05) is 54.1 Å². The third kappa shape index (κ3) is 4.85. The number of carbonyl (C=O) groups excluding carboxylic acids is 3. The van der Waals surface area contributed by atoms with Crippen molar-refractivity contribution >= 4 is 60.3 Å². The lowest BCUT2D eigenvalue weighted by Crippen LogP contribution is -2.65. The van der Waals surface area contributed by atoms with Gasteiger partial charge >= 0.3 is 0 Å². The van der Waals surface area contributed by atoms with E-state index in [9.17, 15) is 31.2 Å². The van der Waals surface area contributed by atoms with Gasteiger partial charge in [0.15, 0.2) is 10.8 Å². The molecule has 16 heteroatoms. The molecule has 1 spiro atoms. The summed E-state index contributed by atoms with van der Waals surface area (Å²) in [6, 6.07) is 13.0. The van der Waals surface area contributed by atoms with Crippen LogP contribution in [0, 0.1) is 11.3 Å². The summed E-state index contributed by atoms with van der Waals surface area (Å²) >= 11 is 6.25. The number of amides is 3. The van der Waals surface area contributed by atoms with Gasteiger partial charge in [-0.25, -0.2) is 20.8 Å². The van der Waals surface area contributed by atoms with Crippen molar-refractivity contribution in [2.75, 3.05) is 32.7 Å². The summed E-state index contributed by atoms with van der Waals surface area (Å²) in [6.07, 6.45) is 7.43. The predicted molar refractivity (Wildman–Crippen MR) is 177 cm³/mol. The summed E-state index contributed by atoms with van der Waals surface area (Å²) in [6.45, 7) is 0.396. The van der Waals surface area contributed by atoms with Gasteiger partial charge in [0.2, 0.25) is 17.7 Å². The molecule has 2 aromatic carbocycles. The van der Waals surface area contributed by atoms with Crippen LogP contribution in [-0.4, -0.2) is 91.8 Å². The highest BCUT2D eigenvalue weighted by atomic mass is 35.5. The first-order valence-corrected chi connectivity index (χ1v) is 19.1. The number of piperazine rings is 1. The van der Waals surface area contributed by atoms with E-state index in [0.29, 0.717) is 25.9 Å². The summed E-state index contributed by atoms with van der Waals surface area (Å²) in [7, 11) is -9.24. The molecular weight excluding hydrogens is 694 g/mol. The maximum atomic E-state index is 14.8. The van der Waals surface area contributed by atoms with Crippen LogP contribution in [0.4, 0.5) is 0 Å². The van der Waals surface area contributed by atoms with Crippen LogP contribution in [-0.2, 0) is 39.2 Å². The molecule has 13 nitrogen and oxygen atoms in total. The van der Waals surface area contributed by atoms with Gasteiger partial charge in [-0.15, -0.1) is 0 Å². The molecule has 1 aliphatic carbocycles. The van der Waals surface area contributed by atoms with E-state index in [1.807, 2.05) is 0 Å². The molecule has 0 radical (unpaired) electrons. The fourth-order valence-electron chi connectivity index (χ4n) is 8.05. The van der Waals surface area contributed by atoms with Gasteiger partial charge in [-0.3, -0.25) is 19.7 Å². The molecule has 0 bridgehead atoms. The Labute approximate surface area is 287 Å². The summed E-state index contributed by atoms with van der Waals surface area (Å²) in [5.41, 5.74) is -3.84. The Kier molecular flexibility index (Phi) is 7.31. The number of rotatable bonds is 6. The summed E-state index contributed by atoms with van der Waals surface area (Å²) < 4.78 is 66.6. The topological polar surface area (TPSA) is 164 Å². The number of nitrogens with zero attached hydrogens (tertiary/aromatic N) is 3. The lowest BCUT2D eigenvalue weighted by molar-refractivity contribution is -0.190. The zero-order valence-electron chi connectivity index (χ0n) is 26.0. The summed E-state index contributed by atoms with van der Waals surface area (Å²) in [5.74, 6) is -2.51. The van der Waals surface area contributed by atoms with E-state index in [1.165, 1.54) is 53.4 Å². The second kappa shape index (κ2) is 11.1. The van der Waals surface area contributed by atoms with Crippen molar-refractivity contribution < 1.29 is 36.0 Å². The van der Waals surface area contributed by atoms with Gasteiger partial charge in [0.1, 0.15) is 0 Å². The lowest BCUT2D eigenvalue weighted by atomic mass is 9.69. The van der Waals surface area contributed by atoms with Crippen molar-refractivity contribution in [1.29, 1.82) is 0 Å². The van der Waals surface area contributed by atoms with Crippen LogP contribution in [0.2, 0.25) is 5.02 Å². The molecule has 5 heterocycles. The molecule has 8 rings (SSSR count). The summed E-state index contributed by atoms with van der Waals surface area (Å²) in [5, 5.41) is 5.65. The Morgan fingerprint density at radius 1 is 0.918 bits per heavy atom. The molecule has 3 unspecified atom stereocenters. The Morgan fingerprint density at radius 2 is 1.67 bits per heavy atom.